The van der Waals surface area contributed by atoms with Crippen LogP contribution in [-0.2, 0) is 43.6 Å². The fourth-order valence-corrected chi connectivity index (χ4v) is 4.11. The Kier molecular flexibility index (Phi) is 8.17. The van der Waals surface area contributed by atoms with E-state index in [1.54, 1.807) is 84.9 Å². The summed E-state index contributed by atoms with van der Waals surface area (Å²) in [6.07, 6.45) is -3.89. The van der Waals surface area contributed by atoms with E-state index in [9.17, 15) is 25.2 Å². The van der Waals surface area contributed by atoms with Gasteiger partial charge < -0.3 is 39.4 Å². The number of hydrogen-bond donors (Lipinski definition) is 4. The Morgan fingerprint density at radius 3 is 1.68 bits per heavy atom. The molecule has 9 nitrogen and oxygen atoms in total. The van der Waals surface area contributed by atoms with Crippen LogP contribution in [0.15, 0.2) is 91.0 Å². The van der Waals surface area contributed by atoms with Crippen molar-refractivity contribution >= 4 is 5.78 Å². The molecule has 1 saturated heterocycles. The van der Waals surface area contributed by atoms with Crippen molar-refractivity contribution in [2.24, 2.45) is 0 Å². The van der Waals surface area contributed by atoms with Crippen LogP contribution >= 0.6 is 0 Å². The standard InChI is InChI=1S/C28H30O9/c1-20(29)26(31)28(33,36-19-23-15-9-4-10-16-23)27(32,35-18-22-13-7-3-8-14-22)24(37-26)25(30)34-17-21-11-5-2-6-12-21/h2-16,24-25,30-33H,17-19H2,1H3/t24-,25?,26-,27+,28-/m1/s1. The number of aliphatic hydroxyl groups is 4. The van der Waals surface area contributed by atoms with Crippen molar-refractivity contribution in [1.29, 1.82) is 0 Å². The maximum atomic E-state index is 12.6. The van der Waals surface area contributed by atoms with Gasteiger partial charge in [0.1, 0.15) is 0 Å². The molecule has 1 heterocycles. The lowest BCUT2D eigenvalue weighted by molar-refractivity contribution is -0.417. The minimum absolute atomic E-state index is 0.0988. The molecule has 4 rings (SSSR count). The summed E-state index contributed by atoms with van der Waals surface area (Å²) in [4.78, 5) is 12.6. The highest BCUT2D eigenvalue weighted by molar-refractivity contribution is 5.85. The van der Waals surface area contributed by atoms with Crippen molar-refractivity contribution in [2.75, 3.05) is 0 Å². The van der Waals surface area contributed by atoms with Crippen LogP contribution in [0.1, 0.15) is 23.6 Å². The first kappa shape index (κ1) is 27.1. The second-order valence-corrected chi connectivity index (χ2v) is 8.81. The maximum absolute atomic E-state index is 12.6. The molecule has 1 aliphatic heterocycles. The highest BCUT2D eigenvalue weighted by atomic mass is 16.8. The number of hydrogen-bond acceptors (Lipinski definition) is 9. The molecule has 3 aromatic carbocycles. The van der Waals surface area contributed by atoms with Crippen LogP contribution in [0.3, 0.4) is 0 Å². The van der Waals surface area contributed by atoms with Crippen LogP contribution in [0.5, 0.6) is 0 Å². The molecule has 0 bridgehead atoms. The van der Waals surface area contributed by atoms with Crippen molar-refractivity contribution < 1.29 is 44.2 Å². The molecule has 0 aliphatic carbocycles. The van der Waals surface area contributed by atoms with Crippen LogP contribution in [0.2, 0.25) is 0 Å². The molecule has 1 aliphatic rings. The number of aliphatic hydroxyl groups excluding tert-OH is 1. The van der Waals surface area contributed by atoms with Crippen molar-refractivity contribution in [3.05, 3.63) is 108 Å². The zero-order valence-corrected chi connectivity index (χ0v) is 20.3. The molecule has 0 radical (unpaired) electrons. The molecule has 3 aromatic rings. The van der Waals surface area contributed by atoms with Crippen LogP contribution in [0.4, 0.5) is 0 Å². The summed E-state index contributed by atoms with van der Waals surface area (Å²) in [5.41, 5.74) is 1.86. The normalized spacial score (nSPS) is 28.2. The lowest BCUT2D eigenvalue weighted by Gasteiger charge is -2.41. The van der Waals surface area contributed by atoms with Crippen molar-refractivity contribution in [3.8, 4) is 0 Å². The van der Waals surface area contributed by atoms with E-state index in [-0.39, 0.29) is 19.8 Å². The third-order valence-electron chi connectivity index (χ3n) is 6.22. The average Bonchev–Trinajstić information content (AvgIpc) is 3.11. The van der Waals surface area contributed by atoms with Crippen LogP contribution in [0.25, 0.3) is 0 Å². The van der Waals surface area contributed by atoms with Gasteiger partial charge >= 0.3 is 0 Å². The third kappa shape index (κ3) is 5.35. The fraction of sp³-hybridized carbons (Fsp3) is 0.321. The summed E-state index contributed by atoms with van der Waals surface area (Å²) in [6.45, 7) is 0.237. The van der Waals surface area contributed by atoms with Gasteiger partial charge in [-0.3, -0.25) is 4.79 Å². The minimum atomic E-state index is -3.15. The summed E-state index contributed by atoms with van der Waals surface area (Å²) in [5.74, 6) is -10.3. The smallest absolute Gasteiger partial charge is 0.288 e. The molecule has 0 spiro atoms. The summed E-state index contributed by atoms with van der Waals surface area (Å²) in [7, 11) is 0. The van der Waals surface area contributed by atoms with Crippen LogP contribution in [-0.4, -0.2) is 56.0 Å². The number of carbonyl (C=O) groups is 1. The predicted molar refractivity (Wildman–Crippen MR) is 130 cm³/mol. The quantitative estimate of drug-likeness (QED) is 0.286. The lowest BCUT2D eigenvalue weighted by Crippen LogP contribution is -2.69. The molecule has 1 unspecified atom stereocenters. The number of ether oxygens (including phenoxy) is 4. The summed E-state index contributed by atoms with van der Waals surface area (Å²) < 4.78 is 22.3. The summed E-state index contributed by atoms with van der Waals surface area (Å²) in [6, 6.07) is 26.2. The van der Waals surface area contributed by atoms with E-state index in [1.165, 1.54) is 0 Å². The average molecular weight is 511 g/mol. The first-order valence-electron chi connectivity index (χ1n) is 11.7. The van der Waals surface area contributed by atoms with E-state index in [4.69, 9.17) is 18.9 Å². The largest absolute Gasteiger partial charge is 0.366 e. The second-order valence-electron chi connectivity index (χ2n) is 8.81. The highest BCUT2D eigenvalue weighted by Gasteiger charge is 2.79. The molecule has 0 amide bonds. The Hall–Kier alpha value is -2.99. The lowest BCUT2D eigenvalue weighted by atomic mass is 9.93. The number of benzene rings is 3. The summed E-state index contributed by atoms with van der Waals surface area (Å²) in [5, 5.41) is 45.6. The summed E-state index contributed by atoms with van der Waals surface area (Å²) >= 11 is 0. The number of ketones is 1. The molecule has 196 valence electrons. The van der Waals surface area contributed by atoms with Crippen LogP contribution < -0.4 is 0 Å². The molecule has 0 saturated carbocycles. The van der Waals surface area contributed by atoms with Crippen molar-refractivity contribution in [1.82, 2.24) is 0 Å². The molecular weight excluding hydrogens is 480 g/mol. The first-order valence-corrected chi connectivity index (χ1v) is 11.7. The van der Waals surface area contributed by atoms with Gasteiger partial charge in [-0.1, -0.05) is 91.0 Å². The Bertz CT molecular complexity index is 1160. The Morgan fingerprint density at radius 1 is 0.784 bits per heavy atom. The molecule has 9 heteroatoms. The van der Waals surface area contributed by atoms with E-state index < -0.39 is 35.5 Å². The molecule has 1 fully saturated rings. The molecule has 0 aromatic heterocycles. The number of Topliss-reactive ketones (excluding diaryl/α,β-unsaturated/α-hetero) is 1. The van der Waals surface area contributed by atoms with Crippen LogP contribution in [0, 0.1) is 0 Å². The van der Waals surface area contributed by atoms with Gasteiger partial charge in [-0.2, -0.15) is 0 Å². The van der Waals surface area contributed by atoms with Gasteiger partial charge in [-0.15, -0.1) is 0 Å². The Balaban J connectivity index is 1.67. The van der Waals surface area contributed by atoms with Gasteiger partial charge in [0.25, 0.3) is 17.4 Å². The monoisotopic (exact) mass is 510 g/mol. The van der Waals surface area contributed by atoms with E-state index >= 15 is 0 Å². The topological polar surface area (TPSA) is 135 Å². The number of rotatable bonds is 11. The SMILES string of the molecule is CC(=O)[C@@]1(O)O[C@H](C(O)OCc2ccccc2)[C@](O)(OCc2ccccc2)[C@]1(O)OCc1ccccc1. The number of carbonyl (C=O) groups excluding carboxylic acids is 1. The molecule has 37 heavy (non-hydrogen) atoms. The predicted octanol–water partition coefficient (Wildman–Crippen LogP) is 2.01. The second kappa shape index (κ2) is 11.2. The van der Waals surface area contributed by atoms with Gasteiger partial charge in [0, 0.05) is 6.92 Å². The highest BCUT2D eigenvalue weighted by Crippen LogP contribution is 2.49. The Labute approximate surface area is 214 Å². The van der Waals surface area contributed by atoms with Gasteiger partial charge in [0.05, 0.1) is 19.8 Å². The third-order valence-corrected chi connectivity index (χ3v) is 6.22. The molecule has 5 atom stereocenters. The van der Waals surface area contributed by atoms with E-state index in [0.717, 1.165) is 6.92 Å². The van der Waals surface area contributed by atoms with Crippen molar-refractivity contribution in [2.45, 2.75) is 56.5 Å². The molecular formula is C28H30O9. The molecule has 4 N–H and O–H groups in total. The fourth-order valence-electron chi connectivity index (χ4n) is 4.11. The van der Waals surface area contributed by atoms with E-state index in [0.29, 0.717) is 16.7 Å². The Morgan fingerprint density at radius 2 is 1.22 bits per heavy atom. The minimum Gasteiger partial charge on any atom is -0.366 e. The van der Waals surface area contributed by atoms with Gasteiger partial charge in [-0.25, -0.2) is 0 Å². The van der Waals surface area contributed by atoms with Gasteiger partial charge in [0.2, 0.25) is 0 Å². The van der Waals surface area contributed by atoms with E-state index in [2.05, 4.69) is 0 Å². The zero-order valence-electron chi connectivity index (χ0n) is 20.3. The van der Waals surface area contributed by atoms with Gasteiger partial charge in [0.15, 0.2) is 18.2 Å². The van der Waals surface area contributed by atoms with Crippen molar-refractivity contribution in [3.63, 3.8) is 0 Å². The first-order chi connectivity index (χ1) is 17.7. The maximum Gasteiger partial charge on any atom is 0.288 e. The van der Waals surface area contributed by atoms with Gasteiger partial charge in [-0.05, 0) is 16.7 Å². The van der Waals surface area contributed by atoms with E-state index in [1.807, 2.05) is 6.07 Å². The zero-order chi connectivity index (χ0) is 26.5.